The van der Waals surface area contributed by atoms with Crippen molar-refractivity contribution in [3.8, 4) is 11.5 Å². The number of thioether (sulfide) groups is 1. The summed E-state index contributed by atoms with van der Waals surface area (Å²) in [4.78, 5) is 12.6. The second-order valence-electron chi connectivity index (χ2n) is 8.06. The zero-order valence-corrected chi connectivity index (χ0v) is 20.2. The van der Waals surface area contributed by atoms with Gasteiger partial charge in [-0.2, -0.15) is 4.31 Å². The van der Waals surface area contributed by atoms with Gasteiger partial charge in [0, 0.05) is 23.8 Å². The summed E-state index contributed by atoms with van der Waals surface area (Å²) in [5.41, 5.74) is 2.48. The second kappa shape index (κ2) is 10.1. The van der Waals surface area contributed by atoms with E-state index < -0.39 is 10.0 Å². The number of aryl methyl sites for hydroxylation is 1. The number of benzene rings is 2. The number of piperidine rings is 1. The van der Waals surface area contributed by atoms with Gasteiger partial charge in [-0.3, -0.25) is 4.79 Å². The molecule has 1 saturated heterocycles. The normalized spacial score (nSPS) is 17.1. The molecule has 33 heavy (non-hydrogen) atoms. The number of hydrogen-bond acceptors (Lipinski definition) is 7. The molecule has 1 unspecified atom stereocenters. The first kappa shape index (κ1) is 23.5. The average Bonchev–Trinajstić information content (AvgIpc) is 3.28. The summed E-state index contributed by atoms with van der Waals surface area (Å²) < 4.78 is 33.0. The van der Waals surface area contributed by atoms with Crippen LogP contribution in [0.25, 0.3) is 11.5 Å². The van der Waals surface area contributed by atoms with Crippen molar-refractivity contribution in [3.63, 3.8) is 0 Å². The highest BCUT2D eigenvalue weighted by Gasteiger charge is 2.30. The Morgan fingerprint density at radius 3 is 2.55 bits per heavy atom. The van der Waals surface area contributed by atoms with E-state index in [-0.39, 0.29) is 22.6 Å². The fourth-order valence-electron chi connectivity index (χ4n) is 3.68. The Bertz CT molecular complexity index is 1210. The lowest BCUT2D eigenvalue weighted by molar-refractivity contribution is -0.113. The van der Waals surface area contributed by atoms with Gasteiger partial charge in [-0.05, 0) is 63.1 Å². The molecule has 1 aliphatic heterocycles. The van der Waals surface area contributed by atoms with Crippen LogP contribution in [0.3, 0.4) is 0 Å². The molecular weight excluding hydrogens is 460 g/mol. The van der Waals surface area contributed by atoms with Crippen molar-refractivity contribution in [1.82, 2.24) is 14.5 Å². The number of sulfonamides is 1. The van der Waals surface area contributed by atoms with E-state index in [1.165, 1.54) is 12.1 Å². The standard InChI is InChI=1S/C23H26N4O4S2/c1-16-6-8-18(9-7-16)22-25-26-23(31-22)32-15-21(28)24-19-10-12-20(13-11-19)33(29,30)27-14-4-3-5-17(27)2/h6-13,17H,3-5,14-15H2,1-2H3,(H,24,28). The maximum absolute atomic E-state index is 12.9. The lowest BCUT2D eigenvalue weighted by Gasteiger charge is -2.32. The molecule has 1 N–H and O–H groups in total. The first-order chi connectivity index (χ1) is 15.8. The zero-order chi connectivity index (χ0) is 23.4. The summed E-state index contributed by atoms with van der Waals surface area (Å²) in [5, 5.41) is 11.1. The lowest BCUT2D eigenvalue weighted by atomic mass is 10.1. The molecule has 8 nitrogen and oxygen atoms in total. The van der Waals surface area contributed by atoms with Gasteiger partial charge in [0.2, 0.25) is 21.8 Å². The van der Waals surface area contributed by atoms with Gasteiger partial charge in [0.15, 0.2) is 0 Å². The van der Waals surface area contributed by atoms with Gasteiger partial charge >= 0.3 is 0 Å². The lowest BCUT2D eigenvalue weighted by Crippen LogP contribution is -2.41. The van der Waals surface area contributed by atoms with E-state index in [0.29, 0.717) is 23.3 Å². The summed E-state index contributed by atoms with van der Waals surface area (Å²) in [6.45, 7) is 4.48. The fraction of sp³-hybridized carbons (Fsp3) is 0.348. The Kier molecular flexibility index (Phi) is 7.16. The van der Waals surface area contributed by atoms with Crippen LogP contribution in [0.1, 0.15) is 31.7 Å². The first-order valence-electron chi connectivity index (χ1n) is 10.8. The molecule has 174 valence electrons. The van der Waals surface area contributed by atoms with E-state index in [9.17, 15) is 13.2 Å². The van der Waals surface area contributed by atoms with Gasteiger partial charge < -0.3 is 9.73 Å². The number of carbonyl (C=O) groups is 1. The largest absolute Gasteiger partial charge is 0.411 e. The van der Waals surface area contributed by atoms with Crippen LogP contribution in [-0.4, -0.2) is 47.2 Å². The minimum Gasteiger partial charge on any atom is -0.411 e. The summed E-state index contributed by atoms with van der Waals surface area (Å²) in [6.07, 6.45) is 2.80. The Labute approximate surface area is 197 Å². The average molecular weight is 487 g/mol. The van der Waals surface area contributed by atoms with Crippen molar-refractivity contribution in [3.05, 3.63) is 54.1 Å². The van der Waals surface area contributed by atoms with Gasteiger partial charge in [0.25, 0.3) is 5.22 Å². The van der Waals surface area contributed by atoms with Gasteiger partial charge in [-0.1, -0.05) is 35.9 Å². The van der Waals surface area contributed by atoms with Crippen LogP contribution in [0.4, 0.5) is 5.69 Å². The molecule has 10 heteroatoms. The molecule has 1 fully saturated rings. The van der Waals surface area contributed by atoms with Crippen LogP contribution in [0.2, 0.25) is 0 Å². The highest BCUT2D eigenvalue weighted by Crippen LogP contribution is 2.26. The highest BCUT2D eigenvalue weighted by atomic mass is 32.2. The third-order valence-corrected chi connectivity index (χ3v) is 8.36. The van der Waals surface area contributed by atoms with E-state index in [0.717, 1.165) is 42.2 Å². The minimum atomic E-state index is -3.54. The van der Waals surface area contributed by atoms with Crippen molar-refractivity contribution in [2.24, 2.45) is 0 Å². The van der Waals surface area contributed by atoms with E-state index in [1.807, 2.05) is 38.1 Å². The van der Waals surface area contributed by atoms with Crippen LogP contribution < -0.4 is 5.32 Å². The highest BCUT2D eigenvalue weighted by molar-refractivity contribution is 7.99. The number of amides is 1. The maximum Gasteiger partial charge on any atom is 0.277 e. The molecule has 1 amide bonds. The van der Waals surface area contributed by atoms with Gasteiger partial charge in [-0.25, -0.2) is 8.42 Å². The van der Waals surface area contributed by atoms with E-state index >= 15 is 0 Å². The Hall–Kier alpha value is -2.69. The molecule has 4 rings (SSSR count). The van der Waals surface area contributed by atoms with Crippen molar-refractivity contribution >= 4 is 33.4 Å². The van der Waals surface area contributed by atoms with Crippen LogP contribution in [0.5, 0.6) is 0 Å². The number of nitrogens with zero attached hydrogens (tertiary/aromatic N) is 3. The predicted molar refractivity (Wildman–Crippen MR) is 127 cm³/mol. The van der Waals surface area contributed by atoms with E-state index in [4.69, 9.17) is 4.42 Å². The number of anilines is 1. The quantitative estimate of drug-likeness (QED) is 0.495. The topological polar surface area (TPSA) is 105 Å². The molecule has 2 aromatic carbocycles. The number of aromatic nitrogens is 2. The molecule has 1 atom stereocenters. The monoisotopic (exact) mass is 486 g/mol. The van der Waals surface area contributed by atoms with Gasteiger partial charge in [-0.15, -0.1) is 10.2 Å². The summed E-state index contributed by atoms with van der Waals surface area (Å²) in [5.74, 6) is 0.231. The first-order valence-corrected chi connectivity index (χ1v) is 13.2. The number of hydrogen-bond donors (Lipinski definition) is 1. The van der Waals surface area contributed by atoms with Crippen molar-refractivity contribution in [2.75, 3.05) is 17.6 Å². The SMILES string of the molecule is Cc1ccc(-c2nnc(SCC(=O)Nc3ccc(S(=O)(=O)N4CCCCC4C)cc3)o2)cc1. The molecule has 0 saturated carbocycles. The summed E-state index contributed by atoms with van der Waals surface area (Å²) in [7, 11) is -3.54. The maximum atomic E-state index is 12.9. The minimum absolute atomic E-state index is 0.00335. The molecule has 1 aliphatic rings. The molecule has 0 radical (unpaired) electrons. The molecular formula is C23H26N4O4S2. The Balaban J connectivity index is 1.32. The van der Waals surface area contributed by atoms with Gasteiger partial charge in [0.1, 0.15) is 0 Å². The Morgan fingerprint density at radius 2 is 1.85 bits per heavy atom. The molecule has 0 spiro atoms. The Morgan fingerprint density at radius 1 is 1.12 bits per heavy atom. The third-order valence-electron chi connectivity index (χ3n) is 5.52. The molecule has 1 aromatic heterocycles. The van der Waals surface area contributed by atoms with Crippen LogP contribution in [0, 0.1) is 6.92 Å². The summed E-state index contributed by atoms with van der Waals surface area (Å²) in [6, 6.07) is 14.0. The van der Waals surface area contributed by atoms with Crippen LogP contribution in [-0.2, 0) is 14.8 Å². The second-order valence-corrected chi connectivity index (χ2v) is 10.9. The van der Waals surface area contributed by atoms with Crippen LogP contribution in [0.15, 0.2) is 63.1 Å². The van der Waals surface area contributed by atoms with Crippen molar-refractivity contribution in [2.45, 2.75) is 49.3 Å². The van der Waals surface area contributed by atoms with Crippen molar-refractivity contribution < 1.29 is 17.6 Å². The van der Waals surface area contributed by atoms with Gasteiger partial charge in [0.05, 0.1) is 10.6 Å². The molecule has 2 heterocycles. The molecule has 0 bridgehead atoms. The number of nitrogens with one attached hydrogen (secondary N) is 1. The predicted octanol–water partition coefficient (Wildman–Crippen LogP) is 4.34. The smallest absolute Gasteiger partial charge is 0.277 e. The van der Waals surface area contributed by atoms with Crippen LogP contribution >= 0.6 is 11.8 Å². The fourth-order valence-corrected chi connectivity index (χ4v) is 5.94. The van der Waals surface area contributed by atoms with E-state index in [2.05, 4.69) is 15.5 Å². The number of rotatable bonds is 7. The molecule has 0 aliphatic carbocycles. The van der Waals surface area contributed by atoms with Crippen molar-refractivity contribution in [1.29, 1.82) is 0 Å². The third kappa shape index (κ3) is 5.63. The number of carbonyl (C=O) groups excluding carboxylic acids is 1. The van der Waals surface area contributed by atoms with E-state index in [1.54, 1.807) is 16.4 Å². The molecule has 3 aromatic rings. The summed E-state index contributed by atoms with van der Waals surface area (Å²) >= 11 is 1.14. The zero-order valence-electron chi connectivity index (χ0n) is 18.5.